The second kappa shape index (κ2) is 6.02. The second-order valence-corrected chi connectivity index (χ2v) is 5.37. The van der Waals surface area contributed by atoms with Gasteiger partial charge in [-0.3, -0.25) is 0 Å². The Bertz CT molecular complexity index is 716. The van der Waals surface area contributed by atoms with Gasteiger partial charge in [0.1, 0.15) is 12.4 Å². The van der Waals surface area contributed by atoms with Gasteiger partial charge in [0, 0.05) is 23.7 Å². The Morgan fingerprint density at radius 3 is 2.67 bits per heavy atom. The molecular weight excluding hydrogens is 262 g/mol. The lowest BCUT2D eigenvalue weighted by Gasteiger charge is -2.06. The minimum absolute atomic E-state index is 0.341. The smallest absolute Gasteiger partial charge is 0.121 e. The Hall–Kier alpha value is -2.26. The second-order valence-electron chi connectivity index (χ2n) is 5.37. The molecule has 0 spiro atoms. The summed E-state index contributed by atoms with van der Waals surface area (Å²) in [7, 11) is 0. The number of hydrogen-bond donors (Lipinski definition) is 2. The molecule has 0 bridgehead atoms. The van der Waals surface area contributed by atoms with Gasteiger partial charge >= 0.3 is 0 Å². The summed E-state index contributed by atoms with van der Waals surface area (Å²) in [6.07, 6.45) is 0.293. The molecule has 0 aliphatic rings. The van der Waals surface area contributed by atoms with E-state index in [2.05, 4.69) is 11.1 Å². The highest BCUT2D eigenvalue weighted by Gasteiger charge is 2.05. The van der Waals surface area contributed by atoms with Gasteiger partial charge in [-0.15, -0.1) is 0 Å². The number of aromatic amines is 1. The van der Waals surface area contributed by atoms with E-state index in [4.69, 9.17) is 4.74 Å². The Morgan fingerprint density at radius 2 is 1.90 bits per heavy atom. The summed E-state index contributed by atoms with van der Waals surface area (Å²) in [6.45, 7) is 2.35. The van der Waals surface area contributed by atoms with Crippen molar-refractivity contribution in [1.29, 1.82) is 0 Å². The van der Waals surface area contributed by atoms with E-state index in [0.29, 0.717) is 13.0 Å². The lowest BCUT2D eigenvalue weighted by molar-refractivity contribution is 0.194. The van der Waals surface area contributed by atoms with Crippen LogP contribution in [0.25, 0.3) is 10.9 Å². The number of nitrogens with one attached hydrogen (secondary N) is 1. The monoisotopic (exact) mass is 281 g/mol. The van der Waals surface area contributed by atoms with Crippen LogP contribution in [0.3, 0.4) is 0 Å². The van der Waals surface area contributed by atoms with Gasteiger partial charge in [-0.1, -0.05) is 30.3 Å². The summed E-state index contributed by atoms with van der Waals surface area (Å²) in [4.78, 5) is 3.33. The minimum Gasteiger partial charge on any atom is -0.489 e. The highest BCUT2D eigenvalue weighted by molar-refractivity contribution is 5.81. The van der Waals surface area contributed by atoms with Crippen LogP contribution < -0.4 is 4.74 Å². The van der Waals surface area contributed by atoms with E-state index < -0.39 is 0 Å². The highest BCUT2D eigenvalue weighted by Crippen LogP contribution is 2.22. The number of ether oxygens (including phenoxy) is 1. The fourth-order valence-corrected chi connectivity index (χ4v) is 2.43. The standard InChI is InChI=1S/C18H19NO2/c1-13(20)9-16-10-15-7-8-17(11-18(15)19-16)21-12-14-5-3-2-4-6-14/h2-8,10-11,13,19-20H,9,12H2,1H3/t13-/m1/s1. The number of aromatic nitrogens is 1. The molecule has 0 aliphatic carbocycles. The maximum absolute atomic E-state index is 9.45. The molecule has 2 aromatic carbocycles. The van der Waals surface area contributed by atoms with Crippen LogP contribution >= 0.6 is 0 Å². The SMILES string of the molecule is C[C@@H](O)Cc1cc2ccc(OCc3ccccc3)cc2[nH]1. The normalized spacial score (nSPS) is 12.5. The quantitative estimate of drug-likeness (QED) is 0.749. The third kappa shape index (κ3) is 3.44. The predicted octanol–water partition coefficient (Wildman–Crippen LogP) is 3.67. The number of fused-ring (bicyclic) bond motifs is 1. The van der Waals surface area contributed by atoms with Gasteiger partial charge < -0.3 is 14.8 Å². The van der Waals surface area contributed by atoms with E-state index in [-0.39, 0.29) is 6.10 Å². The van der Waals surface area contributed by atoms with Crippen LogP contribution in [0, 0.1) is 0 Å². The number of benzene rings is 2. The molecule has 3 nitrogen and oxygen atoms in total. The van der Waals surface area contributed by atoms with Crippen molar-refractivity contribution >= 4 is 10.9 Å². The first-order chi connectivity index (χ1) is 10.2. The summed E-state index contributed by atoms with van der Waals surface area (Å²) in [5.74, 6) is 0.844. The van der Waals surface area contributed by atoms with Crippen molar-refractivity contribution in [3.63, 3.8) is 0 Å². The molecular formula is C18H19NO2. The third-order valence-electron chi connectivity index (χ3n) is 3.41. The Labute approximate surface area is 124 Å². The molecule has 2 N–H and O–H groups in total. The van der Waals surface area contributed by atoms with Crippen molar-refractivity contribution in [1.82, 2.24) is 4.98 Å². The molecule has 108 valence electrons. The molecule has 0 aliphatic heterocycles. The molecule has 3 heteroatoms. The van der Waals surface area contributed by atoms with Gasteiger partial charge in [-0.2, -0.15) is 0 Å². The molecule has 1 heterocycles. The molecule has 0 amide bonds. The maximum Gasteiger partial charge on any atom is 0.121 e. The molecule has 3 aromatic rings. The van der Waals surface area contributed by atoms with Gasteiger partial charge in [-0.25, -0.2) is 0 Å². The van der Waals surface area contributed by atoms with Crippen LogP contribution in [0.5, 0.6) is 5.75 Å². The summed E-state index contributed by atoms with van der Waals surface area (Å²) >= 11 is 0. The highest BCUT2D eigenvalue weighted by atomic mass is 16.5. The average Bonchev–Trinajstić information content (AvgIpc) is 2.86. The molecule has 1 atom stereocenters. The van der Waals surface area contributed by atoms with Crippen molar-refractivity contribution in [2.45, 2.75) is 26.1 Å². The van der Waals surface area contributed by atoms with E-state index in [1.54, 1.807) is 6.92 Å². The zero-order valence-corrected chi connectivity index (χ0v) is 12.0. The Balaban J connectivity index is 1.74. The first-order valence-electron chi connectivity index (χ1n) is 7.17. The number of hydrogen-bond acceptors (Lipinski definition) is 2. The van der Waals surface area contributed by atoms with Gasteiger partial charge in [-0.05, 0) is 36.1 Å². The van der Waals surface area contributed by atoms with E-state index >= 15 is 0 Å². The first-order valence-corrected chi connectivity index (χ1v) is 7.17. The summed E-state index contributed by atoms with van der Waals surface area (Å²) in [6, 6.07) is 18.2. The third-order valence-corrected chi connectivity index (χ3v) is 3.41. The van der Waals surface area contributed by atoms with E-state index in [9.17, 15) is 5.11 Å². The number of H-pyrrole nitrogens is 1. The predicted molar refractivity (Wildman–Crippen MR) is 84.5 cm³/mol. The molecule has 21 heavy (non-hydrogen) atoms. The number of aliphatic hydroxyl groups excluding tert-OH is 1. The molecule has 0 fully saturated rings. The van der Waals surface area contributed by atoms with Crippen LogP contribution in [-0.2, 0) is 13.0 Å². The average molecular weight is 281 g/mol. The van der Waals surface area contributed by atoms with Gasteiger partial charge in [0.2, 0.25) is 0 Å². The number of aliphatic hydroxyl groups is 1. The van der Waals surface area contributed by atoms with Gasteiger partial charge in [0.25, 0.3) is 0 Å². The minimum atomic E-state index is -0.341. The van der Waals surface area contributed by atoms with E-state index in [1.165, 1.54) is 0 Å². The zero-order valence-electron chi connectivity index (χ0n) is 12.0. The summed E-state index contributed by atoms with van der Waals surface area (Å²) < 4.78 is 5.82. The van der Waals surface area contributed by atoms with Crippen LogP contribution in [0.1, 0.15) is 18.2 Å². The lowest BCUT2D eigenvalue weighted by Crippen LogP contribution is -2.03. The largest absolute Gasteiger partial charge is 0.489 e. The Kier molecular flexibility index (Phi) is 3.93. The van der Waals surface area contributed by atoms with Crippen LogP contribution in [-0.4, -0.2) is 16.2 Å². The fraction of sp³-hybridized carbons (Fsp3) is 0.222. The van der Waals surface area contributed by atoms with Crippen molar-refractivity contribution < 1.29 is 9.84 Å². The van der Waals surface area contributed by atoms with Crippen LogP contribution in [0.4, 0.5) is 0 Å². The van der Waals surface area contributed by atoms with E-state index in [0.717, 1.165) is 27.9 Å². The van der Waals surface area contributed by atoms with Crippen molar-refractivity contribution in [2.75, 3.05) is 0 Å². The zero-order chi connectivity index (χ0) is 14.7. The molecule has 1 aromatic heterocycles. The molecule has 3 rings (SSSR count). The summed E-state index contributed by atoms with van der Waals surface area (Å²) in [5.41, 5.74) is 3.23. The first kappa shape index (κ1) is 13.7. The van der Waals surface area contributed by atoms with Crippen molar-refractivity contribution in [3.05, 3.63) is 65.9 Å². The van der Waals surface area contributed by atoms with Gasteiger partial charge in [0.15, 0.2) is 0 Å². The fourth-order valence-electron chi connectivity index (χ4n) is 2.43. The van der Waals surface area contributed by atoms with Crippen LogP contribution in [0.2, 0.25) is 0 Å². The molecule has 0 unspecified atom stereocenters. The van der Waals surface area contributed by atoms with E-state index in [1.807, 2.05) is 48.5 Å². The molecule has 0 saturated carbocycles. The molecule has 0 saturated heterocycles. The summed E-state index contributed by atoms with van der Waals surface area (Å²) in [5, 5.41) is 10.6. The van der Waals surface area contributed by atoms with Crippen LogP contribution in [0.15, 0.2) is 54.6 Å². The topological polar surface area (TPSA) is 45.2 Å². The van der Waals surface area contributed by atoms with Crippen molar-refractivity contribution in [2.24, 2.45) is 0 Å². The van der Waals surface area contributed by atoms with Crippen molar-refractivity contribution in [3.8, 4) is 5.75 Å². The Morgan fingerprint density at radius 1 is 1.10 bits per heavy atom. The molecule has 0 radical (unpaired) electrons. The number of rotatable bonds is 5. The lowest BCUT2D eigenvalue weighted by atomic mass is 10.2. The maximum atomic E-state index is 9.45. The van der Waals surface area contributed by atoms with Gasteiger partial charge in [0.05, 0.1) is 6.10 Å².